The zero-order valence-electron chi connectivity index (χ0n) is 14.5. The summed E-state index contributed by atoms with van der Waals surface area (Å²) in [5, 5.41) is 30.0. The number of carbonyl (C=O) groups is 1. The molecule has 0 spiro atoms. The van der Waals surface area contributed by atoms with Crippen LogP contribution >= 0.6 is 0 Å². The second-order valence-corrected chi connectivity index (χ2v) is 6.38. The highest BCUT2D eigenvalue weighted by atomic mass is 16.6. The van der Waals surface area contributed by atoms with Crippen LogP contribution in [-0.4, -0.2) is 30.1 Å². The van der Waals surface area contributed by atoms with E-state index in [9.17, 15) is 25.4 Å². The maximum atomic E-state index is 12.9. The number of carbonyl (C=O) groups excluding carboxylic acids is 1. The minimum atomic E-state index is -2.05. The Morgan fingerprint density at radius 2 is 1.76 bits per heavy atom. The molecule has 8 nitrogen and oxygen atoms in total. The second-order valence-electron chi connectivity index (χ2n) is 6.38. The van der Waals surface area contributed by atoms with Gasteiger partial charge in [-0.2, -0.15) is 10.5 Å². The van der Waals surface area contributed by atoms with Crippen molar-refractivity contribution in [1.82, 2.24) is 0 Å². The molecule has 0 amide bonds. The van der Waals surface area contributed by atoms with Gasteiger partial charge in [0.2, 0.25) is 6.54 Å². The van der Waals surface area contributed by atoms with E-state index in [2.05, 4.69) is 0 Å². The third-order valence-corrected chi connectivity index (χ3v) is 3.50. The number of rotatable bonds is 6. The van der Waals surface area contributed by atoms with Gasteiger partial charge in [-0.1, -0.05) is 12.1 Å². The lowest BCUT2D eigenvalue weighted by Gasteiger charge is -2.32. The summed E-state index contributed by atoms with van der Waals surface area (Å²) in [4.78, 5) is 23.4. The molecule has 0 fully saturated rings. The van der Waals surface area contributed by atoms with Gasteiger partial charge in [0.15, 0.2) is 11.3 Å². The average Bonchev–Trinajstić information content (AvgIpc) is 2.53. The number of nitrogens with zero attached hydrogens (tertiary/aromatic N) is 3. The number of nitro groups is 1. The first-order valence-corrected chi connectivity index (χ1v) is 7.39. The molecule has 0 aliphatic rings. The Balaban J connectivity index is 3.64. The van der Waals surface area contributed by atoms with E-state index in [1.165, 1.54) is 31.4 Å². The molecule has 1 rings (SSSR count). The Bertz CT molecular complexity index is 711. The molecule has 1 aromatic rings. The summed E-state index contributed by atoms with van der Waals surface area (Å²) >= 11 is 0. The normalized spacial score (nSPS) is 13.2. The maximum absolute atomic E-state index is 12.9. The van der Waals surface area contributed by atoms with Crippen molar-refractivity contribution in [2.24, 2.45) is 5.92 Å². The largest absolute Gasteiger partial charge is 0.497 e. The third-order valence-electron chi connectivity index (χ3n) is 3.50. The first kappa shape index (κ1) is 19.9. The van der Waals surface area contributed by atoms with Gasteiger partial charge in [0.25, 0.3) is 0 Å². The summed E-state index contributed by atoms with van der Waals surface area (Å²) < 4.78 is 10.4. The van der Waals surface area contributed by atoms with Crippen molar-refractivity contribution in [1.29, 1.82) is 10.5 Å². The van der Waals surface area contributed by atoms with E-state index < -0.39 is 34.4 Å². The molecule has 0 heterocycles. The Labute approximate surface area is 145 Å². The van der Waals surface area contributed by atoms with Crippen LogP contribution in [0.1, 0.15) is 26.3 Å². The van der Waals surface area contributed by atoms with Crippen LogP contribution in [0.4, 0.5) is 0 Å². The lowest BCUT2D eigenvalue weighted by Crippen LogP contribution is -2.50. The van der Waals surface area contributed by atoms with Crippen molar-refractivity contribution in [3.63, 3.8) is 0 Å². The highest BCUT2D eigenvalue weighted by molar-refractivity contribution is 5.85. The van der Waals surface area contributed by atoms with Crippen LogP contribution in [0.25, 0.3) is 0 Å². The Morgan fingerprint density at radius 3 is 2.12 bits per heavy atom. The lowest BCUT2D eigenvalue weighted by atomic mass is 9.71. The van der Waals surface area contributed by atoms with Crippen LogP contribution in [0.5, 0.6) is 5.75 Å². The molecule has 0 saturated heterocycles. The Hall–Kier alpha value is -3.13. The molecule has 0 aliphatic heterocycles. The SMILES string of the molecule is COc1ccc([C@](C[N+](=O)[O-])(C(=O)OC(C)(C)C)C(C#N)C#N)cc1. The topological polar surface area (TPSA) is 126 Å². The number of hydrogen-bond donors (Lipinski definition) is 0. The van der Waals surface area contributed by atoms with E-state index in [0.29, 0.717) is 5.75 Å². The van der Waals surface area contributed by atoms with E-state index >= 15 is 0 Å². The molecule has 0 aromatic heterocycles. The Kier molecular flexibility index (Phi) is 6.08. The van der Waals surface area contributed by atoms with Crippen LogP contribution in [0.2, 0.25) is 0 Å². The third kappa shape index (κ3) is 4.45. The van der Waals surface area contributed by atoms with E-state index in [4.69, 9.17) is 9.47 Å². The number of hydrogen-bond acceptors (Lipinski definition) is 7. The van der Waals surface area contributed by atoms with Crippen LogP contribution in [0.3, 0.4) is 0 Å². The Morgan fingerprint density at radius 1 is 1.24 bits per heavy atom. The molecular weight excluding hydrogens is 326 g/mol. The molecule has 25 heavy (non-hydrogen) atoms. The molecule has 0 N–H and O–H groups in total. The number of ether oxygens (including phenoxy) is 2. The zero-order chi connectivity index (χ0) is 19.3. The fourth-order valence-corrected chi connectivity index (χ4v) is 2.36. The highest BCUT2D eigenvalue weighted by Crippen LogP contribution is 2.36. The van der Waals surface area contributed by atoms with Gasteiger partial charge in [-0.25, -0.2) is 0 Å². The molecule has 0 saturated carbocycles. The molecule has 132 valence electrons. The van der Waals surface area contributed by atoms with Crippen molar-refractivity contribution < 1.29 is 19.2 Å². The van der Waals surface area contributed by atoms with E-state index in [1.807, 2.05) is 0 Å². The van der Waals surface area contributed by atoms with Crippen LogP contribution < -0.4 is 4.74 Å². The summed E-state index contributed by atoms with van der Waals surface area (Å²) in [6.45, 7) is 3.86. The van der Waals surface area contributed by atoms with Crippen molar-refractivity contribution in [3.05, 3.63) is 39.9 Å². The summed E-state index contributed by atoms with van der Waals surface area (Å²) in [5.41, 5.74) is -2.85. The number of nitriles is 2. The molecule has 0 bridgehead atoms. The molecule has 0 unspecified atom stereocenters. The zero-order valence-corrected chi connectivity index (χ0v) is 14.5. The average molecular weight is 345 g/mol. The minimum Gasteiger partial charge on any atom is -0.497 e. The van der Waals surface area contributed by atoms with Gasteiger partial charge >= 0.3 is 5.97 Å². The summed E-state index contributed by atoms with van der Waals surface area (Å²) in [6, 6.07) is 9.24. The smallest absolute Gasteiger partial charge is 0.326 e. The minimum absolute atomic E-state index is 0.146. The van der Waals surface area contributed by atoms with Crippen LogP contribution in [0.15, 0.2) is 24.3 Å². The molecular formula is C17H19N3O5. The lowest BCUT2D eigenvalue weighted by molar-refractivity contribution is -0.489. The molecule has 0 aliphatic carbocycles. The number of methoxy groups -OCH3 is 1. The van der Waals surface area contributed by atoms with Crippen molar-refractivity contribution in [3.8, 4) is 17.9 Å². The second kappa shape index (κ2) is 7.63. The quantitative estimate of drug-likeness (QED) is 0.439. The van der Waals surface area contributed by atoms with E-state index in [-0.39, 0.29) is 5.56 Å². The predicted molar refractivity (Wildman–Crippen MR) is 87.1 cm³/mol. The first-order chi connectivity index (χ1) is 11.6. The number of benzene rings is 1. The van der Waals surface area contributed by atoms with Crippen molar-refractivity contribution in [2.45, 2.75) is 31.8 Å². The van der Waals surface area contributed by atoms with Gasteiger partial charge in [0, 0.05) is 4.92 Å². The fraction of sp³-hybridized carbons (Fsp3) is 0.471. The van der Waals surface area contributed by atoms with E-state index in [0.717, 1.165) is 0 Å². The predicted octanol–water partition coefficient (Wildman–Crippen LogP) is 2.21. The van der Waals surface area contributed by atoms with E-state index in [1.54, 1.807) is 32.9 Å². The first-order valence-electron chi connectivity index (χ1n) is 7.39. The molecule has 1 atom stereocenters. The summed E-state index contributed by atoms with van der Waals surface area (Å²) in [6.07, 6.45) is 0. The van der Waals surface area contributed by atoms with Crippen molar-refractivity contribution >= 4 is 5.97 Å². The van der Waals surface area contributed by atoms with Gasteiger partial charge < -0.3 is 9.47 Å². The van der Waals surface area contributed by atoms with Crippen LogP contribution in [-0.2, 0) is 14.9 Å². The van der Waals surface area contributed by atoms with Gasteiger partial charge in [0.1, 0.15) is 11.4 Å². The highest BCUT2D eigenvalue weighted by Gasteiger charge is 2.55. The standard InChI is InChI=1S/C17H19N3O5/c1-16(2,3)25-15(21)17(11-20(22)23,13(9-18)10-19)12-5-7-14(24-4)8-6-12/h5-8,13H,11H2,1-4H3/t17-/m0/s1. The maximum Gasteiger partial charge on any atom is 0.326 e. The number of esters is 1. The van der Waals surface area contributed by atoms with Gasteiger partial charge in [-0.15, -0.1) is 0 Å². The summed E-state index contributed by atoms with van der Waals surface area (Å²) in [7, 11) is 1.44. The van der Waals surface area contributed by atoms with Crippen LogP contribution in [0, 0.1) is 38.7 Å². The van der Waals surface area contributed by atoms with Gasteiger partial charge in [0.05, 0.1) is 19.2 Å². The molecule has 0 radical (unpaired) electrons. The van der Waals surface area contributed by atoms with Gasteiger partial charge in [-0.3, -0.25) is 14.9 Å². The monoisotopic (exact) mass is 345 g/mol. The van der Waals surface area contributed by atoms with Crippen molar-refractivity contribution in [2.75, 3.05) is 13.7 Å². The molecule has 8 heteroatoms. The summed E-state index contributed by atoms with van der Waals surface area (Å²) in [5.74, 6) is -2.12. The van der Waals surface area contributed by atoms with Gasteiger partial charge in [-0.05, 0) is 38.5 Å². The fourth-order valence-electron chi connectivity index (χ4n) is 2.36. The molecule has 1 aromatic carbocycles.